The molecule has 2 nitrogen and oxygen atoms in total. The number of nitrogens with zero attached hydrogens (tertiary/aromatic N) is 2. The highest BCUT2D eigenvalue weighted by molar-refractivity contribution is 9.08. The minimum atomic E-state index is 0.937. The van der Waals surface area contributed by atoms with Crippen LogP contribution in [0.15, 0.2) is 29.2 Å². The SMILES string of the molecule is CN1CCN(Sc2ccc(CBr)cc2)CC1. The monoisotopic (exact) mass is 300 g/mol. The van der Waals surface area contributed by atoms with E-state index in [0.717, 1.165) is 18.4 Å². The smallest absolute Gasteiger partial charge is 0.0283 e. The summed E-state index contributed by atoms with van der Waals surface area (Å²) in [6.45, 7) is 4.65. The van der Waals surface area contributed by atoms with Gasteiger partial charge in [0.1, 0.15) is 0 Å². The van der Waals surface area contributed by atoms with Crippen molar-refractivity contribution in [1.29, 1.82) is 0 Å². The van der Waals surface area contributed by atoms with Crippen molar-refractivity contribution in [2.24, 2.45) is 0 Å². The summed E-state index contributed by atoms with van der Waals surface area (Å²) in [5, 5.41) is 0.937. The van der Waals surface area contributed by atoms with Gasteiger partial charge in [-0.2, -0.15) is 0 Å². The largest absolute Gasteiger partial charge is 0.304 e. The molecule has 1 heterocycles. The molecule has 1 saturated heterocycles. The lowest BCUT2D eigenvalue weighted by atomic mass is 10.2. The molecule has 1 fully saturated rings. The maximum absolute atomic E-state index is 3.46. The Morgan fingerprint density at radius 2 is 1.75 bits per heavy atom. The standard InChI is InChI=1S/C12H17BrN2S/c1-14-6-8-15(9-7-14)16-12-4-2-11(10-13)3-5-12/h2-5H,6-10H2,1H3. The van der Waals surface area contributed by atoms with Crippen LogP contribution in [0.3, 0.4) is 0 Å². The Labute approximate surface area is 110 Å². The molecule has 0 unspecified atom stereocenters. The lowest BCUT2D eigenvalue weighted by Gasteiger charge is -2.31. The molecule has 0 amide bonds. The summed E-state index contributed by atoms with van der Waals surface area (Å²) in [7, 11) is 2.19. The third-order valence-corrected chi connectivity index (χ3v) is 4.53. The van der Waals surface area contributed by atoms with Crippen molar-refractivity contribution in [3.63, 3.8) is 0 Å². The van der Waals surface area contributed by atoms with Gasteiger partial charge in [0.15, 0.2) is 0 Å². The maximum atomic E-state index is 3.46. The zero-order chi connectivity index (χ0) is 11.4. The lowest BCUT2D eigenvalue weighted by molar-refractivity contribution is 0.233. The lowest BCUT2D eigenvalue weighted by Crippen LogP contribution is -2.40. The molecule has 1 aliphatic rings. The van der Waals surface area contributed by atoms with Gasteiger partial charge in [-0.15, -0.1) is 0 Å². The molecular formula is C12H17BrN2S. The fourth-order valence-corrected chi connectivity index (χ4v) is 2.94. The summed E-state index contributed by atoms with van der Waals surface area (Å²) in [6, 6.07) is 8.79. The van der Waals surface area contributed by atoms with E-state index in [1.54, 1.807) is 0 Å². The van der Waals surface area contributed by atoms with Crippen LogP contribution < -0.4 is 0 Å². The van der Waals surface area contributed by atoms with E-state index in [0.29, 0.717) is 0 Å². The highest BCUT2D eigenvalue weighted by atomic mass is 79.9. The van der Waals surface area contributed by atoms with Gasteiger partial charge in [0, 0.05) is 36.4 Å². The Morgan fingerprint density at radius 1 is 1.12 bits per heavy atom. The van der Waals surface area contributed by atoms with Gasteiger partial charge in [0.05, 0.1) is 0 Å². The van der Waals surface area contributed by atoms with E-state index in [4.69, 9.17) is 0 Å². The van der Waals surface area contributed by atoms with Crippen molar-refractivity contribution in [2.75, 3.05) is 33.2 Å². The Bertz CT molecular complexity index is 320. The molecule has 88 valence electrons. The average Bonchev–Trinajstić information content (AvgIpc) is 2.33. The van der Waals surface area contributed by atoms with E-state index in [1.165, 1.54) is 23.5 Å². The van der Waals surface area contributed by atoms with Crippen LogP contribution in [0.2, 0.25) is 0 Å². The second-order valence-electron chi connectivity index (χ2n) is 4.10. The molecule has 0 N–H and O–H groups in total. The zero-order valence-corrected chi connectivity index (χ0v) is 11.9. The second kappa shape index (κ2) is 6.05. The van der Waals surface area contributed by atoms with E-state index < -0.39 is 0 Å². The highest BCUT2D eigenvalue weighted by Gasteiger charge is 2.14. The Kier molecular flexibility index (Phi) is 4.70. The van der Waals surface area contributed by atoms with Crippen molar-refractivity contribution >= 4 is 27.9 Å². The number of piperazine rings is 1. The van der Waals surface area contributed by atoms with Gasteiger partial charge in [-0.05, 0) is 36.7 Å². The van der Waals surface area contributed by atoms with E-state index in [-0.39, 0.29) is 0 Å². The first-order valence-electron chi connectivity index (χ1n) is 5.54. The van der Waals surface area contributed by atoms with Crippen molar-refractivity contribution < 1.29 is 0 Å². The van der Waals surface area contributed by atoms with Gasteiger partial charge in [-0.25, -0.2) is 4.31 Å². The second-order valence-corrected chi connectivity index (χ2v) is 5.83. The summed E-state index contributed by atoms with van der Waals surface area (Å²) >= 11 is 5.34. The fraction of sp³-hybridized carbons (Fsp3) is 0.500. The molecule has 1 aromatic rings. The molecule has 2 rings (SSSR count). The molecule has 0 aliphatic carbocycles. The molecule has 0 saturated carbocycles. The predicted octanol–water partition coefficient (Wildman–Crippen LogP) is 2.84. The van der Waals surface area contributed by atoms with Crippen LogP contribution >= 0.6 is 27.9 Å². The van der Waals surface area contributed by atoms with Gasteiger partial charge in [0.25, 0.3) is 0 Å². The number of hydrogen-bond acceptors (Lipinski definition) is 3. The summed E-state index contributed by atoms with van der Waals surface area (Å²) in [5.41, 5.74) is 1.34. The maximum Gasteiger partial charge on any atom is 0.0283 e. The van der Waals surface area contributed by atoms with Gasteiger partial charge in [0.2, 0.25) is 0 Å². The first-order chi connectivity index (χ1) is 7.78. The van der Waals surface area contributed by atoms with Crippen LogP contribution in [-0.2, 0) is 5.33 Å². The Morgan fingerprint density at radius 3 is 2.31 bits per heavy atom. The van der Waals surface area contributed by atoms with Gasteiger partial charge in [-0.1, -0.05) is 28.1 Å². The third-order valence-electron chi connectivity index (χ3n) is 2.77. The molecule has 1 aliphatic heterocycles. The summed E-state index contributed by atoms with van der Waals surface area (Å²) in [4.78, 5) is 3.72. The van der Waals surface area contributed by atoms with E-state index in [1.807, 2.05) is 11.9 Å². The highest BCUT2D eigenvalue weighted by Crippen LogP contribution is 2.24. The van der Waals surface area contributed by atoms with Crippen molar-refractivity contribution in [3.05, 3.63) is 29.8 Å². The normalized spacial score (nSPS) is 18.9. The molecule has 0 radical (unpaired) electrons. The molecule has 1 aromatic carbocycles. The number of halogens is 1. The topological polar surface area (TPSA) is 6.48 Å². The predicted molar refractivity (Wildman–Crippen MR) is 74.0 cm³/mol. The van der Waals surface area contributed by atoms with E-state index >= 15 is 0 Å². The number of hydrogen-bond donors (Lipinski definition) is 0. The molecule has 4 heteroatoms. The summed E-state index contributed by atoms with van der Waals surface area (Å²) < 4.78 is 2.45. The third kappa shape index (κ3) is 3.48. The van der Waals surface area contributed by atoms with Gasteiger partial charge in [-0.3, -0.25) is 0 Å². The Balaban J connectivity index is 1.88. The minimum Gasteiger partial charge on any atom is -0.304 e. The first kappa shape index (κ1) is 12.4. The van der Waals surface area contributed by atoms with E-state index in [9.17, 15) is 0 Å². The van der Waals surface area contributed by atoms with Crippen molar-refractivity contribution in [1.82, 2.24) is 9.21 Å². The van der Waals surface area contributed by atoms with Crippen molar-refractivity contribution in [3.8, 4) is 0 Å². The average molecular weight is 301 g/mol. The minimum absolute atomic E-state index is 0.937. The zero-order valence-electron chi connectivity index (χ0n) is 9.53. The Hall–Kier alpha value is -0.0300. The molecule has 0 spiro atoms. The van der Waals surface area contributed by atoms with Crippen LogP contribution in [0.25, 0.3) is 0 Å². The molecular weight excluding hydrogens is 284 g/mol. The van der Waals surface area contributed by atoms with Crippen LogP contribution in [0.1, 0.15) is 5.56 Å². The summed E-state index contributed by atoms with van der Waals surface area (Å²) in [6.07, 6.45) is 0. The number of alkyl halides is 1. The molecule has 16 heavy (non-hydrogen) atoms. The number of rotatable bonds is 3. The van der Waals surface area contributed by atoms with Gasteiger partial charge < -0.3 is 4.90 Å². The first-order valence-corrected chi connectivity index (χ1v) is 7.44. The van der Waals surface area contributed by atoms with Gasteiger partial charge >= 0.3 is 0 Å². The van der Waals surface area contributed by atoms with Crippen LogP contribution in [0.5, 0.6) is 0 Å². The van der Waals surface area contributed by atoms with Crippen molar-refractivity contribution in [2.45, 2.75) is 10.2 Å². The van der Waals surface area contributed by atoms with E-state index in [2.05, 4.69) is 56.4 Å². The molecule has 0 aromatic heterocycles. The fourth-order valence-electron chi connectivity index (χ4n) is 1.67. The summed E-state index contributed by atoms with van der Waals surface area (Å²) in [5.74, 6) is 0. The van der Waals surface area contributed by atoms with Crippen LogP contribution in [0, 0.1) is 0 Å². The quantitative estimate of drug-likeness (QED) is 0.626. The molecule has 0 bridgehead atoms. The number of benzene rings is 1. The van der Waals surface area contributed by atoms with Crippen LogP contribution in [-0.4, -0.2) is 42.4 Å². The number of likely N-dealkylation sites (N-methyl/N-ethyl adjacent to an activating group) is 1. The molecule has 0 atom stereocenters. The van der Waals surface area contributed by atoms with Crippen LogP contribution in [0.4, 0.5) is 0 Å².